The number of thiol groups is 1. The molecule has 9 heavy (non-hydrogen) atoms. The van der Waals surface area contributed by atoms with Crippen LogP contribution < -0.4 is 5.73 Å². The average molecular weight is 147 g/mol. The fourth-order valence-corrected chi connectivity index (χ4v) is 0.818. The molecule has 0 heterocycles. The smallest absolute Gasteiger partial charge is 0.00992 e. The van der Waals surface area contributed by atoms with Crippen molar-refractivity contribution >= 4 is 12.6 Å². The molecule has 0 amide bonds. The van der Waals surface area contributed by atoms with E-state index in [2.05, 4.69) is 26.5 Å². The zero-order valence-corrected chi connectivity index (χ0v) is 7.25. The lowest BCUT2D eigenvalue weighted by Crippen LogP contribution is -2.16. The molecule has 0 aliphatic rings. The second-order valence-corrected chi connectivity index (χ2v) is 3.82. The van der Waals surface area contributed by atoms with Gasteiger partial charge in [-0.2, -0.15) is 12.6 Å². The van der Waals surface area contributed by atoms with Crippen molar-refractivity contribution in [3.8, 4) is 0 Å². The summed E-state index contributed by atoms with van der Waals surface area (Å²) in [5, 5.41) is 0. The molecule has 0 aromatic rings. The summed E-state index contributed by atoms with van der Waals surface area (Å²) in [6.07, 6.45) is 3.34. The third kappa shape index (κ3) is 4.79. The fraction of sp³-hybridized carbons (Fsp3) is 1.00. The number of hydrogen-bond acceptors (Lipinski definition) is 2. The van der Waals surface area contributed by atoms with Crippen LogP contribution in [0.15, 0.2) is 0 Å². The first kappa shape index (κ1) is 9.31. The summed E-state index contributed by atoms with van der Waals surface area (Å²) >= 11 is 4.47. The SMILES string of the molecule is CCC(C)(S)CCCN. The van der Waals surface area contributed by atoms with E-state index in [1.807, 2.05) is 0 Å². The van der Waals surface area contributed by atoms with Crippen LogP contribution in [0.5, 0.6) is 0 Å². The normalized spacial score (nSPS) is 17.3. The largest absolute Gasteiger partial charge is 0.330 e. The van der Waals surface area contributed by atoms with Gasteiger partial charge in [-0.15, -0.1) is 0 Å². The van der Waals surface area contributed by atoms with Gasteiger partial charge in [0.05, 0.1) is 0 Å². The first-order valence-electron chi connectivity index (χ1n) is 3.55. The van der Waals surface area contributed by atoms with E-state index in [0.717, 1.165) is 25.8 Å². The quantitative estimate of drug-likeness (QED) is 0.583. The van der Waals surface area contributed by atoms with E-state index in [9.17, 15) is 0 Å². The molecule has 0 spiro atoms. The van der Waals surface area contributed by atoms with Crippen LogP contribution >= 0.6 is 12.6 Å². The van der Waals surface area contributed by atoms with Gasteiger partial charge in [-0.1, -0.05) is 13.8 Å². The van der Waals surface area contributed by atoms with Crippen LogP contribution in [0.2, 0.25) is 0 Å². The van der Waals surface area contributed by atoms with E-state index in [1.165, 1.54) is 0 Å². The number of rotatable bonds is 4. The first-order valence-corrected chi connectivity index (χ1v) is 3.99. The summed E-state index contributed by atoms with van der Waals surface area (Å²) in [4.78, 5) is 0. The molecule has 0 aromatic heterocycles. The second-order valence-electron chi connectivity index (χ2n) is 2.74. The highest BCUT2D eigenvalue weighted by Crippen LogP contribution is 2.23. The van der Waals surface area contributed by atoms with Crippen LogP contribution in [-0.2, 0) is 0 Å². The Kier molecular flexibility index (Phi) is 4.32. The Morgan fingerprint density at radius 2 is 2.11 bits per heavy atom. The lowest BCUT2D eigenvalue weighted by Gasteiger charge is -2.20. The molecule has 0 aliphatic heterocycles. The number of hydrogen-bond donors (Lipinski definition) is 2. The van der Waals surface area contributed by atoms with E-state index >= 15 is 0 Å². The van der Waals surface area contributed by atoms with Gasteiger partial charge in [-0.25, -0.2) is 0 Å². The number of nitrogens with two attached hydrogens (primary N) is 1. The highest BCUT2D eigenvalue weighted by Gasteiger charge is 2.14. The van der Waals surface area contributed by atoms with E-state index in [4.69, 9.17) is 5.73 Å². The summed E-state index contributed by atoms with van der Waals surface area (Å²) in [5.41, 5.74) is 5.36. The Morgan fingerprint density at radius 3 is 2.44 bits per heavy atom. The Bertz CT molecular complexity index is 71.3. The van der Waals surface area contributed by atoms with Crippen LogP contribution in [0.3, 0.4) is 0 Å². The van der Waals surface area contributed by atoms with Gasteiger partial charge < -0.3 is 5.73 Å². The van der Waals surface area contributed by atoms with E-state index in [0.29, 0.717) is 0 Å². The van der Waals surface area contributed by atoms with E-state index in [1.54, 1.807) is 0 Å². The lowest BCUT2D eigenvalue weighted by molar-refractivity contribution is 0.552. The highest BCUT2D eigenvalue weighted by molar-refractivity contribution is 7.81. The fourth-order valence-electron chi connectivity index (χ4n) is 0.660. The van der Waals surface area contributed by atoms with Gasteiger partial charge >= 0.3 is 0 Å². The molecule has 0 radical (unpaired) electrons. The van der Waals surface area contributed by atoms with Crippen molar-refractivity contribution in [1.29, 1.82) is 0 Å². The predicted molar refractivity (Wildman–Crippen MR) is 46.0 cm³/mol. The second kappa shape index (κ2) is 4.18. The van der Waals surface area contributed by atoms with Crippen molar-refractivity contribution in [2.24, 2.45) is 5.73 Å². The van der Waals surface area contributed by atoms with Crippen molar-refractivity contribution in [2.75, 3.05) is 6.54 Å². The van der Waals surface area contributed by atoms with Crippen molar-refractivity contribution < 1.29 is 0 Å². The summed E-state index contributed by atoms with van der Waals surface area (Å²) in [6.45, 7) is 5.10. The van der Waals surface area contributed by atoms with Crippen LogP contribution in [0, 0.1) is 0 Å². The lowest BCUT2D eigenvalue weighted by atomic mass is 10.0. The molecule has 2 N–H and O–H groups in total. The van der Waals surface area contributed by atoms with Crippen LogP contribution in [0.4, 0.5) is 0 Å². The molecule has 0 rings (SSSR count). The molecule has 0 saturated carbocycles. The Hall–Kier alpha value is 0.310. The Morgan fingerprint density at radius 1 is 1.56 bits per heavy atom. The molecule has 0 aliphatic carbocycles. The zero-order valence-electron chi connectivity index (χ0n) is 6.35. The van der Waals surface area contributed by atoms with Gasteiger partial charge in [0.2, 0.25) is 0 Å². The van der Waals surface area contributed by atoms with E-state index < -0.39 is 0 Å². The minimum Gasteiger partial charge on any atom is -0.330 e. The topological polar surface area (TPSA) is 26.0 Å². The minimum absolute atomic E-state index is 0.208. The summed E-state index contributed by atoms with van der Waals surface area (Å²) in [6, 6.07) is 0. The third-order valence-corrected chi connectivity index (χ3v) is 2.22. The van der Waals surface area contributed by atoms with Crippen molar-refractivity contribution in [2.45, 2.75) is 37.9 Å². The van der Waals surface area contributed by atoms with Crippen molar-refractivity contribution in [3.05, 3.63) is 0 Å². The molecule has 0 saturated heterocycles. The monoisotopic (exact) mass is 147 g/mol. The minimum atomic E-state index is 0.208. The Labute approximate surface area is 63.4 Å². The predicted octanol–water partition coefficient (Wildman–Crippen LogP) is 1.82. The van der Waals surface area contributed by atoms with Crippen LogP contribution in [-0.4, -0.2) is 11.3 Å². The average Bonchev–Trinajstić information content (AvgIpc) is 1.84. The van der Waals surface area contributed by atoms with Crippen LogP contribution in [0.25, 0.3) is 0 Å². The standard InChI is InChI=1S/C7H17NS/c1-3-7(2,9)5-4-6-8/h9H,3-6,8H2,1-2H3. The van der Waals surface area contributed by atoms with Crippen molar-refractivity contribution in [3.63, 3.8) is 0 Å². The summed E-state index contributed by atoms with van der Waals surface area (Å²) in [7, 11) is 0. The maximum Gasteiger partial charge on any atom is 0.00992 e. The van der Waals surface area contributed by atoms with Gasteiger partial charge in [-0.05, 0) is 25.8 Å². The molecule has 0 fully saturated rings. The Balaban J connectivity index is 3.33. The van der Waals surface area contributed by atoms with E-state index in [-0.39, 0.29) is 4.75 Å². The maximum absolute atomic E-state index is 5.36. The van der Waals surface area contributed by atoms with Crippen LogP contribution in [0.1, 0.15) is 33.1 Å². The highest BCUT2D eigenvalue weighted by atomic mass is 32.1. The molecule has 1 atom stereocenters. The summed E-state index contributed by atoms with van der Waals surface area (Å²) in [5.74, 6) is 0. The van der Waals surface area contributed by atoms with Gasteiger partial charge in [0.15, 0.2) is 0 Å². The van der Waals surface area contributed by atoms with Gasteiger partial charge in [-0.3, -0.25) is 0 Å². The van der Waals surface area contributed by atoms with Gasteiger partial charge in [0.25, 0.3) is 0 Å². The molecule has 1 nitrogen and oxygen atoms in total. The molecular weight excluding hydrogens is 130 g/mol. The van der Waals surface area contributed by atoms with Gasteiger partial charge in [0.1, 0.15) is 0 Å². The zero-order chi connectivity index (χ0) is 7.33. The van der Waals surface area contributed by atoms with Gasteiger partial charge in [0, 0.05) is 4.75 Å². The third-order valence-electron chi connectivity index (χ3n) is 1.68. The maximum atomic E-state index is 5.36. The van der Waals surface area contributed by atoms with Crippen molar-refractivity contribution in [1.82, 2.24) is 0 Å². The molecule has 1 unspecified atom stereocenters. The molecule has 56 valence electrons. The first-order chi connectivity index (χ1) is 4.12. The molecule has 0 bridgehead atoms. The molecule has 0 aromatic carbocycles. The molecular formula is C7H17NS. The summed E-state index contributed by atoms with van der Waals surface area (Å²) < 4.78 is 0.208. The molecule has 2 heteroatoms.